The average Bonchev–Trinajstić information content (AvgIpc) is 2.32. The highest BCUT2D eigenvalue weighted by molar-refractivity contribution is 7.91. The molecule has 0 saturated carbocycles. The topological polar surface area (TPSA) is 80.7 Å². The van der Waals surface area contributed by atoms with Crippen LogP contribution in [0.2, 0.25) is 0 Å². The predicted octanol–water partition coefficient (Wildman–Crippen LogP) is 1.82. The monoisotopic (exact) mass is 286 g/mol. The number of carboxylic acids is 1. The highest BCUT2D eigenvalue weighted by Crippen LogP contribution is 2.24. The molecule has 0 aliphatic carbocycles. The molecule has 0 fully saturated rings. The molecular formula is C13H18O5S. The second kappa shape index (κ2) is 6.06. The number of aryl methyl sites for hydroxylation is 2. The molecule has 0 unspecified atom stereocenters. The lowest BCUT2D eigenvalue weighted by Gasteiger charge is -2.13. The number of benzene rings is 1. The van der Waals surface area contributed by atoms with Crippen LogP contribution in [0.25, 0.3) is 0 Å². The van der Waals surface area contributed by atoms with Crippen LogP contribution in [0, 0.1) is 13.8 Å². The van der Waals surface area contributed by atoms with Crippen LogP contribution in [0.15, 0.2) is 12.1 Å². The maximum absolute atomic E-state index is 11.3. The highest BCUT2D eigenvalue weighted by atomic mass is 32.2. The zero-order valence-corrected chi connectivity index (χ0v) is 12.1. The summed E-state index contributed by atoms with van der Waals surface area (Å²) >= 11 is 0. The fourth-order valence-corrected chi connectivity index (χ4v) is 2.34. The third-order valence-electron chi connectivity index (χ3n) is 2.79. The lowest BCUT2D eigenvalue weighted by atomic mass is 10.1. The van der Waals surface area contributed by atoms with Crippen molar-refractivity contribution in [3.05, 3.63) is 28.8 Å². The van der Waals surface area contributed by atoms with E-state index >= 15 is 0 Å². The standard InChI is InChI=1S/C13H18O5S/c1-4-19(16,17)6-5-18-12-9(2)7-11(13(14)15)8-10(12)3/h7-8H,4-6H2,1-3H3,(H,14,15). The molecule has 1 rings (SSSR count). The lowest BCUT2D eigenvalue weighted by Crippen LogP contribution is -2.16. The summed E-state index contributed by atoms with van der Waals surface area (Å²) in [6.45, 7) is 5.14. The molecule has 0 saturated heterocycles. The van der Waals surface area contributed by atoms with Crippen LogP contribution >= 0.6 is 0 Å². The molecular weight excluding hydrogens is 268 g/mol. The number of rotatable bonds is 6. The summed E-state index contributed by atoms with van der Waals surface area (Å²) < 4.78 is 28.2. The van der Waals surface area contributed by atoms with Crippen molar-refractivity contribution in [2.75, 3.05) is 18.1 Å². The molecule has 106 valence electrons. The Kier molecular flexibility index (Phi) is 4.94. The number of carbonyl (C=O) groups is 1. The summed E-state index contributed by atoms with van der Waals surface area (Å²) in [4.78, 5) is 10.9. The maximum atomic E-state index is 11.3. The van der Waals surface area contributed by atoms with E-state index in [2.05, 4.69) is 0 Å². The van der Waals surface area contributed by atoms with Gasteiger partial charge in [0.25, 0.3) is 0 Å². The molecule has 19 heavy (non-hydrogen) atoms. The molecule has 0 bridgehead atoms. The van der Waals surface area contributed by atoms with Crippen LogP contribution in [0.4, 0.5) is 0 Å². The number of aromatic carboxylic acids is 1. The lowest BCUT2D eigenvalue weighted by molar-refractivity contribution is 0.0696. The molecule has 1 N–H and O–H groups in total. The smallest absolute Gasteiger partial charge is 0.335 e. The Morgan fingerprint density at radius 2 is 1.79 bits per heavy atom. The van der Waals surface area contributed by atoms with Gasteiger partial charge in [-0.2, -0.15) is 0 Å². The van der Waals surface area contributed by atoms with Gasteiger partial charge in [-0.15, -0.1) is 0 Å². The van der Waals surface area contributed by atoms with Gasteiger partial charge in [0, 0.05) is 5.75 Å². The van der Waals surface area contributed by atoms with Crippen LogP contribution in [-0.2, 0) is 9.84 Å². The van der Waals surface area contributed by atoms with Gasteiger partial charge in [-0.3, -0.25) is 0 Å². The average molecular weight is 286 g/mol. The van der Waals surface area contributed by atoms with Crippen LogP contribution < -0.4 is 4.74 Å². The highest BCUT2D eigenvalue weighted by Gasteiger charge is 2.12. The van der Waals surface area contributed by atoms with Crippen molar-refractivity contribution in [2.45, 2.75) is 20.8 Å². The summed E-state index contributed by atoms with van der Waals surface area (Å²) in [5.41, 5.74) is 1.57. The third kappa shape index (κ3) is 4.24. The minimum atomic E-state index is -3.06. The third-order valence-corrected chi connectivity index (χ3v) is 4.46. The predicted molar refractivity (Wildman–Crippen MR) is 72.7 cm³/mol. The normalized spacial score (nSPS) is 11.3. The van der Waals surface area contributed by atoms with Crippen molar-refractivity contribution in [1.29, 1.82) is 0 Å². The van der Waals surface area contributed by atoms with E-state index in [1.54, 1.807) is 20.8 Å². The van der Waals surface area contributed by atoms with Gasteiger partial charge in [-0.25, -0.2) is 13.2 Å². The first-order valence-corrected chi connectivity index (χ1v) is 7.76. The molecule has 0 aromatic heterocycles. The summed E-state index contributed by atoms with van der Waals surface area (Å²) in [6.07, 6.45) is 0. The second-order valence-corrected chi connectivity index (χ2v) is 6.80. The number of sulfone groups is 1. The van der Waals surface area contributed by atoms with Gasteiger partial charge < -0.3 is 9.84 Å². The zero-order chi connectivity index (χ0) is 14.6. The molecule has 0 aliphatic heterocycles. The van der Waals surface area contributed by atoms with Crippen LogP contribution in [0.1, 0.15) is 28.4 Å². The van der Waals surface area contributed by atoms with E-state index in [4.69, 9.17) is 9.84 Å². The Labute approximate surface area is 113 Å². The van der Waals surface area contributed by atoms with E-state index in [0.29, 0.717) is 16.9 Å². The van der Waals surface area contributed by atoms with E-state index < -0.39 is 15.8 Å². The van der Waals surface area contributed by atoms with Crippen molar-refractivity contribution in [1.82, 2.24) is 0 Å². The molecule has 1 aromatic carbocycles. The van der Waals surface area contributed by atoms with Crippen LogP contribution in [-0.4, -0.2) is 37.6 Å². The summed E-state index contributed by atoms with van der Waals surface area (Å²) in [6, 6.07) is 3.03. The van der Waals surface area contributed by atoms with Crippen molar-refractivity contribution in [2.24, 2.45) is 0 Å². The SMILES string of the molecule is CCS(=O)(=O)CCOc1c(C)cc(C(=O)O)cc1C. The Morgan fingerprint density at radius 1 is 1.26 bits per heavy atom. The van der Waals surface area contributed by atoms with Gasteiger partial charge in [0.1, 0.15) is 12.4 Å². The van der Waals surface area contributed by atoms with E-state index in [1.165, 1.54) is 12.1 Å². The van der Waals surface area contributed by atoms with Gasteiger partial charge in [-0.1, -0.05) is 6.92 Å². The Balaban J connectivity index is 2.83. The molecule has 0 aliphatic rings. The first kappa shape index (κ1) is 15.5. The van der Waals surface area contributed by atoms with E-state index in [9.17, 15) is 13.2 Å². The number of carboxylic acid groups (broad SMARTS) is 1. The van der Waals surface area contributed by atoms with E-state index in [1.807, 2.05) is 0 Å². The summed E-state index contributed by atoms with van der Waals surface area (Å²) in [5.74, 6) is -0.391. The van der Waals surface area contributed by atoms with Crippen molar-refractivity contribution < 1.29 is 23.1 Å². The first-order valence-electron chi connectivity index (χ1n) is 5.94. The first-order chi connectivity index (χ1) is 8.76. The Morgan fingerprint density at radius 3 is 2.21 bits per heavy atom. The van der Waals surface area contributed by atoms with Crippen molar-refractivity contribution >= 4 is 15.8 Å². The van der Waals surface area contributed by atoms with Crippen molar-refractivity contribution in [3.63, 3.8) is 0 Å². The minimum absolute atomic E-state index is 0.0386. The zero-order valence-electron chi connectivity index (χ0n) is 11.3. The molecule has 1 aromatic rings. The molecule has 0 amide bonds. The maximum Gasteiger partial charge on any atom is 0.335 e. The minimum Gasteiger partial charge on any atom is -0.492 e. The van der Waals surface area contributed by atoms with E-state index in [-0.39, 0.29) is 23.7 Å². The van der Waals surface area contributed by atoms with Gasteiger partial charge in [0.05, 0.1) is 11.3 Å². The fraction of sp³-hybridized carbons (Fsp3) is 0.462. The van der Waals surface area contributed by atoms with Crippen LogP contribution in [0.5, 0.6) is 5.75 Å². The van der Waals surface area contributed by atoms with Crippen LogP contribution in [0.3, 0.4) is 0 Å². The van der Waals surface area contributed by atoms with Gasteiger partial charge in [0.15, 0.2) is 9.84 Å². The fourth-order valence-electron chi connectivity index (χ4n) is 1.72. The second-order valence-electron chi connectivity index (χ2n) is 4.33. The number of hydrogen-bond acceptors (Lipinski definition) is 4. The molecule has 0 radical (unpaired) electrons. The van der Waals surface area contributed by atoms with E-state index in [0.717, 1.165) is 0 Å². The Bertz CT molecular complexity index is 552. The summed E-state index contributed by atoms with van der Waals surface area (Å²) in [5, 5.41) is 8.92. The van der Waals surface area contributed by atoms with Crippen molar-refractivity contribution in [3.8, 4) is 5.75 Å². The van der Waals surface area contributed by atoms with Gasteiger partial charge in [-0.05, 0) is 37.1 Å². The van der Waals surface area contributed by atoms with Gasteiger partial charge in [0.2, 0.25) is 0 Å². The molecule has 0 spiro atoms. The molecule has 6 heteroatoms. The largest absolute Gasteiger partial charge is 0.492 e. The number of hydrogen-bond donors (Lipinski definition) is 1. The molecule has 0 atom stereocenters. The number of ether oxygens (including phenoxy) is 1. The summed E-state index contributed by atoms with van der Waals surface area (Å²) in [7, 11) is -3.06. The quantitative estimate of drug-likeness (QED) is 0.862. The molecule has 0 heterocycles. The molecule has 5 nitrogen and oxygen atoms in total. The van der Waals surface area contributed by atoms with Gasteiger partial charge >= 0.3 is 5.97 Å². The Hall–Kier alpha value is -1.56.